The van der Waals surface area contributed by atoms with Gasteiger partial charge in [-0.1, -0.05) is 83.9 Å². The Morgan fingerprint density at radius 2 is 1.43 bits per heavy atom. The number of ether oxygens (including phenoxy) is 1. The van der Waals surface area contributed by atoms with Crippen LogP contribution in [0.3, 0.4) is 0 Å². The molecule has 1 aliphatic rings. The first kappa shape index (κ1) is 18.4. The van der Waals surface area contributed by atoms with Gasteiger partial charge in [0.15, 0.2) is 11.5 Å². The number of aliphatic hydroxyl groups is 1. The van der Waals surface area contributed by atoms with Gasteiger partial charge in [0, 0.05) is 0 Å². The molecule has 3 aromatic carbocycles. The van der Waals surface area contributed by atoms with E-state index in [1.54, 1.807) is 18.2 Å². The van der Waals surface area contributed by atoms with Crippen molar-refractivity contribution in [2.75, 3.05) is 0 Å². The Morgan fingerprint density at radius 3 is 2.11 bits per heavy atom. The number of hydrogen-bond donors (Lipinski definition) is 1. The van der Waals surface area contributed by atoms with Crippen molar-refractivity contribution in [2.45, 2.75) is 0 Å². The lowest BCUT2D eigenvalue weighted by Crippen LogP contribution is -1.98. The molecule has 0 fully saturated rings. The van der Waals surface area contributed by atoms with Gasteiger partial charge in [0.2, 0.25) is 0 Å². The molecule has 5 heteroatoms. The van der Waals surface area contributed by atoms with E-state index in [1.807, 2.05) is 54.6 Å². The second-order valence-electron chi connectivity index (χ2n) is 6.24. The van der Waals surface area contributed by atoms with Gasteiger partial charge in [-0.3, -0.25) is 0 Å². The molecule has 28 heavy (non-hydrogen) atoms. The molecule has 0 spiro atoms. The monoisotopic (exact) mass is 408 g/mol. The van der Waals surface area contributed by atoms with Gasteiger partial charge in [-0.2, -0.15) is 0 Å². The largest absolute Gasteiger partial charge is 0.504 e. The molecular formula is C23H14Cl2O3. The molecule has 0 saturated heterocycles. The third-order valence-electron chi connectivity index (χ3n) is 4.40. The molecular weight excluding hydrogens is 395 g/mol. The van der Waals surface area contributed by atoms with Gasteiger partial charge in [0.1, 0.15) is 5.57 Å². The second-order valence-corrected chi connectivity index (χ2v) is 7.05. The third kappa shape index (κ3) is 3.55. The van der Waals surface area contributed by atoms with Crippen molar-refractivity contribution in [2.24, 2.45) is 0 Å². The standard InChI is InChI=1S/C23H14Cl2O3/c24-18-11-10-17(13-19(18)25)21-22(26)20(28-23(21)27)12-14-6-8-16(9-7-14)15-4-2-1-3-5-15/h1-13,26H/b20-12-. The minimum Gasteiger partial charge on any atom is -0.504 e. The first-order valence-electron chi connectivity index (χ1n) is 8.51. The maximum Gasteiger partial charge on any atom is 0.348 e. The Balaban J connectivity index is 1.66. The summed E-state index contributed by atoms with van der Waals surface area (Å²) in [6.07, 6.45) is 1.62. The Labute approximate surface area is 172 Å². The highest BCUT2D eigenvalue weighted by Gasteiger charge is 2.31. The number of benzene rings is 3. The molecule has 1 aliphatic heterocycles. The third-order valence-corrected chi connectivity index (χ3v) is 5.14. The summed E-state index contributed by atoms with van der Waals surface area (Å²) in [5.74, 6) is -0.767. The molecule has 0 saturated carbocycles. The second kappa shape index (κ2) is 7.55. The van der Waals surface area contributed by atoms with Crippen LogP contribution in [0, 0.1) is 0 Å². The smallest absolute Gasteiger partial charge is 0.348 e. The molecule has 0 atom stereocenters. The summed E-state index contributed by atoms with van der Waals surface area (Å²) in [6.45, 7) is 0. The van der Waals surface area contributed by atoms with Gasteiger partial charge in [-0.05, 0) is 40.5 Å². The fraction of sp³-hybridized carbons (Fsp3) is 0. The van der Waals surface area contributed by atoms with E-state index in [1.165, 1.54) is 6.07 Å². The molecule has 1 N–H and O–H groups in total. The number of rotatable bonds is 3. The molecule has 0 unspecified atom stereocenters. The lowest BCUT2D eigenvalue weighted by molar-refractivity contribution is -0.131. The van der Waals surface area contributed by atoms with Crippen molar-refractivity contribution in [1.29, 1.82) is 0 Å². The zero-order valence-corrected chi connectivity index (χ0v) is 16.0. The van der Waals surface area contributed by atoms with E-state index in [-0.39, 0.29) is 17.1 Å². The van der Waals surface area contributed by atoms with Gasteiger partial charge in [0.25, 0.3) is 0 Å². The Hall–Kier alpha value is -3.01. The molecule has 0 bridgehead atoms. The number of carbonyl (C=O) groups is 1. The highest BCUT2D eigenvalue weighted by atomic mass is 35.5. The van der Waals surface area contributed by atoms with Crippen LogP contribution in [0.15, 0.2) is 84.3 Å². The zero-order chi connectivity index (χ0) is 19.7. The van der Waals surface area contributed by atoms with Crippen molar-refractivity contribution in [3.8, 4) is 11.1 Å². The molecule has 1 heterocycles. The summed E-state index contributed by atoms with van der Waals surface area (Å²) >= 11 is 11.9. The first-order chi connectivity index (χ1) is 13.5. The predicted octanol–water partition coefficient (Wildman–Crippen LogP) is 6.53. The summed E-state index contributed by atoms with van der Waals surface area (Å²) in [7, 11) is 0. The molecule has 3 nitrogen and oxygen atoms in total. The fourth-order valence-electron chi connectivity index (χ4n) is 2.98. The minimum absolute atomic E-state index is 0.0609. The number of esters is 1. The van der Waals surface area contributed by atoms with Crippen molar-refractivity contribution < 1.29 is 14.6 Å². The Kier molecular flexibility index (Phi) is 4.95. The number of hydrogen-bond acceptors (Lipinski definition) is 3. The van der Waals surface area contributed by atoms with E-state index >= 15 is 0 Å². The maximum atomic E-state index is 12.3. The molecule has 0 amide bonds. The van der Waals surface area contributed by atoms with Crippen LogP contribution in [0.5, 0.6) is 0 Å². The average Bonchev–Trinajstić information content (AvgIpc) is 2.98. The van der Waals surface area contributed by atoms with Crippen molar-refractivity contribution in [3.05, 3.63) is 105 Å². The summed E-state index contributed by atoms with van der Waals surface area (Å²) in [6, 6.07) is 22.4. The number of carbonyl (C=O) groups excluding carboxylic acids is 1. The lowest BCUT2D eigenvalue weighted by Gasteiger charge is -2.03. The predicted molar refractivity (Wildman–Crippen MR) is 112 cm³/mol. The normalized spacial score (nSPS) is 15.2. The zero-order valence-electron chi connectivity index (χ0n) is 14.5. The van der Waals surface area contributed by atoms with Crippen LogP contribution in [-0.4, -0.2) is 11.1 Å². The number of halogens is 2. The van der Waals surface area contributed by atoms with Crippen LogP contribution in [0.4, 0.5) is 0 Å². The van der Waals surface area contributed by atoms with Gasteiger partial charge >= 0.3 is 5.97 Å². The molecule has 0 aliphatic carbocycles. The van der Waals surface area contributed by atoms with Crippen LogP contribution in [0.2, 0.25) is 10.0 Å². The fourth-order valence-corrected chi connectivity index (χ4v) is 3.28. The quantitative estimate of drug-likeness (QED) is 0.501. The Morgan fingerprint density at radius 1 is 0.786 bits per heavy atom. The summed E-state index contributed by atoms with van der Waals surface area (Å²) < 4.78 is 5.25. The minimum atomic E-state index is -0.636. The van der Waals surface area contributed by atoms with E-state index in [2.05, 4.69) is 0 Å². The van der Waals surface area contributed by atoms with Crippen LogP contribution >= 0.6 is 23.2 Å². The topological polar surface area (TPSA) is 46.5 Å². The van der Waals surface area contributed by atoms with Gasteiger partial charge in [-0.15, -0.1) is 0 Å². The Bertz CT molecular complexity index is 1110. The van der Waals surface area contributed by atoms with E-state index in [9.17, 15) is 9.90 Å². The first-order valence-corrected chi connectivity index (χ1v) is 9.27. The lowest BCUT2D eigenvalue weighted by atomic mass is 10.0. The highest BCUT2D eigenvalue weighted by molar-refractivity contribution is 6.42. The van der Waals surface area contributed by atoms with Gasteiger partial charge < -0.3 is 9.84 Å². The SMILES string of the molecule is O=C1O/C(=C\c2ccc(-c3ccccc3)cc2)C(O)=C1c1ccc(Cl)c(Cl)c1. The molecule has 3 aromatic rings. The summed E-state index contributed by atoms with van der Waals surface area (Å²) in [5.41, 5.74) is 3.48. The maximum absolute atomic E-state index is 12.3. The van der Waals surface area contributed by atoms with Gasteiger partial charge in [0.05, 0.1) is 10.0 Å². The van der Waals surface area contributed by atoms with Gasteiger partial charge in [-0.25, -0.2) is 4.79 Å². The summed E-state index contributed by atoms with van der Waals surface area (Å²) in [4.78, 5) is 12.3. The molecule has 138 valence electrons. The van der Waals surface area contributed by atoms with Crippen LogP contribution in [0.1, 0.15) is 11.1 Å². The molecule has 4 rings (SSSR count). The van der Waals surface area contributed by atoms with Crippen LogP contribution in [0.25, 0.3) is 22.8 Å². The average molecular weight is 409 g/mol. The van der Waals surface area contributed by atoms with Crippen molar-refractivity contribution in [1.82, 2.24) is 0 Å². The van der Waals surface area contributed by atoms with Crippen LogP contribution < -0.4 is 0 Å². The molecule has 0 radical (unpaired) electrons. The van der Waals surface area contributed by atoms with E-state index in [0.717, 1.165) is 16.7 Å². The van der Waals surface area contributed by atoms with Crippen molar-refractivity contribution >= 4 is 40.8 Å². The van der Waals surface area contributed by atoms with E-state index in [4.69, 9.17) is 27.9 Å². The van der Waals surface area contributed by atoms with Crippen LogP contribution in [-0.2, 0) is 9.53 Å². The highest BCUT2D eigenvalue weighted by Crippen LogP contribution is 2.35. The number of aliphatic hydroxyl groups excluding tert-OH is 1. The number of cyclic esters (lactones) is 1. The summed E-state index contributed by atoms with van der Waals surface area (Å²) in [5, 5.41) is 11.2. The molecule has 0 aromatic heterocycles. The van der Waals surface area contributed by atoms with E-state index < -0.39 is 5.97 Å². The van der Waals surface area contributed by atoms with E-state index in [0.29, 0.717) is 15.6 Å². The van der Waals surface area contributed by atoms with Crippen molar-refractivity contribution in [3.63, 3.8) is 0 Å².